The Morgan fingerprint density at radius 3 is 2.62 bits per heavy atom. The van der Waals surface area contributed by atoms with Gasteiger partial charge in [0.2, 0.25) is 5.78 Å². The summed E-state index contributed by atoms with van der Waals surface area (Å²) in [7, 11) is 0. The minimum absolute atomic E-state index is 0.0129. The molecule has 2 aromatic heterocycles. The van der Waals surface area contributed by atoms with Crippen LogP contribution in [0.4, 0.5) is 4.39 Å². The molecule has 6 rings (SSSR count). The lowest BCUT2D eigenvalue weighted by Gasteiger charge is -2.42. The molecule has 0 N–H and O–H groups in total. The van der Waals surface area contributed by atoms with Crippen molar-refractivity contribution in [2.24, 2.45) is 0 Å². The fourth-order valence-corrected chi connectivity index (χ4v) is 5.85. The van der Waals surface area contributed by atoms with Gasteiger partial charge in [-0.3, -0.25) is 13.8 Å². The van der Waals surface area contributed by atoms with Crippen molar-refractivity contribution in [1.29, 1.82) is 0 Å². The van der Waals surface area contributed by atoms with Crippen LogP contribution in [0, 0.1) is 12.7 Å². The molecular weight excluding hydrogens is 403 g/mol. The van der Waals surface area contributed by atoms with E-state index in [2.05, 4.69) is 35.3 Å². The first-order valence-corrected chi connectivity index (χ1v) is 11.4. The van der Waals surface area contributed by atoms with Crippen LogP contribution in [0.5, 0.6) is 0 Å². The third-order valence-electron chi connectivity index (χ3n) is 7.35. The van der Waals surface area contributed by atoms with E-state index in [1.807, 2.05) is 4.40 Å². The van der Waals surface area contributed by atoms with Crippen LogP contribution in [-0.2, 0) is 18.4 Å². The molecule has 1 saturated carbocycles. The third-order valence-corrected chi connectivity index (χ3v) is 7.35. The van der Waals surface area contributed by atoms with Crippen molar-refractivity contribution in [1.82, 2.24) is 19.2 Å². The van der Waals surface area contributed by atoms with E-state index in [1.54, 1.807) is 23.0 Å². The molecule has 0 amide bonds. The zero-order valence-electron chi connectivity index (χ0n) is 18.1. The third kappa shape index (κ3) is 2.85. The summed E-state index contributed by atoms with van der Waals surface area (Å²) in [6.45, 7) is 2.43. The van der Waals surface area contributed by atoms with Gasteiger partial charge in [0, 0.05) is 16.5 Å². The quantitative estimate of drug-likeness (QED) is 0.460. The zero-order chi connectivity index (χ0) is 21.9. The van der Waals surface area contributed by atoms with Crippen LogP contribution in [0.1, 0.15) is 54.4 Å². The highest BCUT2D eigenvalue weighted by Gasteiger charge is 2.43. The minimum atomic E-state index is -0.285. The number of aromatic nitrogens is 4. The number of hydrogen-bond donors (Lipinski definition) is 0. The molecule has 2 aliphatic carbocycles. The Kier molecular flexibility index (Phi) is 4.32. The summed E-state index contributed by atoms with van der Waals surface area (Å²) in [5, 5.41) is 8.52. The fraction of sp³-hybridized carbons (Fsp3) is 0.346. The molecule has 2 aromatic carbocycles. The molecule has 2 heterocycles. The Morgan fingerprint density at radius 2 is 1.84 bits per heavy atom. The molecule has 0 radical (unpaired) electrons. The number of hydrogen-bond acceptors (Lipinski definition) is 3. The van der Waals surface area contributed by atoms with Gasteiger partial charge in [-0.2, -0.15) is 0 Å². The minimum Gasteiger partial charge on any atom is -0.272 e. The average molecular weight is 429 g/mol. The van der Waals surface area contributed by atoms with Crippen LogP contribution < -0.4 is 5.56 Å². The maximum atomic E-state index is 14.2. The van der Waals surface area contributed by atoms with Gasteiger partial charge in [-0.25, -0.2) is 4.39 Å². The van der Waals surface area contributed by atoms with Gasteiger partial charge in [-0.05, 0) is 55.5 Å². The van der Waals surface area contributed by atoms with Gasteiger partial charge < -0.3 is 0 Å². The molecule has 0 unspecified atom stereocenters. The van der Waals surface area contributed by atoms with E-state index in [4.69, 9.17) is 0 Å². The van der Waals surface area contributed by atoms with E-state index >= 15 is 0 Å². The topological polar surface area (TPSA) is 52.2 Å². The Morgan fingerprint density at radius 1 is 1.06 bits per heavy atom. The number of fused-ring (bicyclic) bond motifs is 6. The maximum Gasteiger partial charge on any atom is 0.259 e. The van der Waals surface area contributed by atoms with Crippen LogP contribution in [0.25, 0.3) is 17.0 Å². The van der Waals surface area contributed by atoms with Crippen molar-refractivity contribution < 1.29 is 4.39 Å². The predicted molar refractivity (Wildman–Crippen MR) is 121 cm³/mol. The molecule has 0 bridgehead atoms. The largest absolute Gasteiger partial charge is 0.272 e. The lowest BCUT2D eigenvalue weighted by molar-refractivity contribution is 0.283. The second-order valence-electron chi connectivity index (χ2n) is 9.42. The second kappa shape index (κ2) is 7.12. The smallest absolute Gasteiger partial charge is 0.259 e. The highest BCUT2D eigenvalue weighted by Crippen LogP contribution is 2.49. The standard InChI is InChI=1S/C26H25FN4O/c1-17-5-8-19-14-26(11-3-2-4-12-26)22-23(21(19)13-17)31-16-28-29-25(31)30(24(22)32)15-18-6-9-20(27)10-7-18/h5-10,13,16H,2-4,11-12,14-15H2,1H3. The van der Waals surface area contributed by atoms with Crippen LogP contribution >= 0.6 is 0 Å². The molecule has 1 spiro atoms. The summed E-state index contributed by atoms with van der Waals surface area (Å²) in [4.78, 5) is 14.2. The summed E-state index contributed by atoms with van der Waals surface area (Å²) in [5.41, 5.74) is 6.17. The van der Waals surface area contributed by atoms with E-state index in [0.29, 0.717) is 12.3 Å². The first-order valence-electron chi connectivity index (χ1n) is 11.4. The number of rotatable bonds is 2. The first kappa shape index (κ1) is 19.4. The van der Waals surface area contributed by atoms with Crippen molar-refractivity contribution in [3.8, 4) is 11.3 Å². The molecule has 1 fully saturated rings. The molecule has 2 aliphatic rings. The van der Waals surface area contributed by atoms with Crippen LogP contribution in [0.15, 0.2) is 53.6 Å². The summed E-state index contributed by atoms with van der Waals surface area (Å²) >= 11 is 0. The molecule has 0 atom stereocenters. The molecular formula is C26H25FN4O. The highest BCUT2D eigenvalue weighted by atomic mass is 19.1. The van der Waals surface area contributed by atoms with Gasteiger partial charge in [-0.1, -0.05) is 49.1 Å². The molecule has 0 saturated heterocycles. The second-order valence-corrected chi connectivity index (χ2v) is 9.42. The SMILES string of the molecule is Cc1ccc2c(c1)-c1c(c(=O)n(Cc3ccc(F)cc3)c3nncn13)C1(CCCCC1)C2. The Hall–Kier alpha value is -3.28. The van der Waals surface area contributed by atoms with Crippen LogP contribution in [-0.4, -0.2) is 19.2 Å². The highest BCUT2D eigenvalue weighted by molar-refractivity contribution is 5.74. The predicted octanol–water partition coefficient (Wildman–Crippen LogP) is 4.81. The van der Waals surface area contributed by atoms with Crippen molar-refractivity contribution in [3.05, 3.63) is 87.2 Å². The van der Waals surface area contributed by atoms with Gasteiger partial charge in [-0.15, -0.1) is 10.2 Å². The van der Waals surface area contributed by atoms with E-state index in [9.17, 15) is 9.18 Å². The normalized spacial score (nSPS) is 16.8. The molecule has 5 nitrogen and oxygen atoms in total. The van der Waals surface area contributed by atoms with Gasteiger partial charge in [0.15, 0.2) is 0 Å². The van der Waals surface area contributed by atoms with E-state index in [0.717, 1.165) is 54.5 Å². The maximum absolute atomic E-state index is 14.2. The van der Waals surface area contributed by atoms with Gasteiger partial charge in [0.25, 0.3) is 5.56 Å². The Labute approximate surface area is 185 Å². The Balaban J connectivity index is 1.66. The zero-order valence-corrected chi connectivity index (χ0v) is 18.1. The lowest BCUT2D eigenvalue weighted by Crippen LogP contribution is -2.43. The number of benzene rings is 2. The van der Waals surface area contributed by atoms with Crippen molar-refractivity contribution in [2.45, 2.75) is 57.4 Å². The van der Waals surface area contributed by atoms with Crippen LogP contribution in [0.2, 0.25) is 0 Å². The summed E-state index contributed by atoms with van der Waals surface area (Å²) < 4.78 is 17.2. The summed E-state index contributed by atoms with van der Waals surface area (Å²) in [6, 6.07) is 12.9. The fourth-order valence-electron chi connectivity index (χ4n) is 5.85. The lowest BCUT2D eigenvalue weighted by atomic mass is 9.62. The molecule has 162 valence electrons. The summed E-state index contributed by atoms with van der Waals surface area (Å²) in [5.74, 6) is 0.241. The average Bonchev–Trinajstić information content (AvgIpc) is 3.28. The number of aryl methyl sites for hydroxylation is 1. The molecule has 32 heavy (non-hydrogen) atoms. The molecule has 0 aliphatic heterocycles. The van der Waals surface area contributed by atoms with E-state index in [1.165, 1.54) is 29.7 Å². The van der Waals surface area contributed by atoms with Crippen molar-refractivity contribution in [2.75, 3.05) is 0 Å². The molecule has 6 heteroatoms. The monoisotopic (exact) mass is 428 g/mol. The van der Waals surface area contributed by atoms with E-state index in [-0.39, 0.29) is 16.8 Å². The van der Waals surface area contributed by atoms with Gasteiger partial charge >= 0.3 is 0 Å². The molecule has 4 aromatic rings. The number of nitrogens with zero attached hydrogens (tertiary/aromatic N) is 4. The Bertz CT molecular complexity index is 1390. The van der Waals surface area contributed by atoms with Crippen LogP contribution in [0.3, 0.4) is 0 Å². The first-order chi connectivity index (χ1) is 15.6. The number of halogens is 1. The van der Waals surface area contributed by atoms with E-state index < -0.39 is 0 Å². The van der Waals surface area contributed by atoms with Gasteiger partial charge in [0.05, 0.1) is 12.2 Å². The van der Waals surface area contributed by atoms with Gasteiger partial charge in [0.1, 0.15) is 12.1 Å². The summed E-state index contributed by atoms with van der Waals surface area (Å²) in [6.07, 6.45) is 8.16. The van der Waals surface area contributed by atoms with Crippen molar-refractivity contribution in [3.63, 3.8) is 0 Å². The van der Waals surface area contributed by atoms with Crippen molar-refractivity contribution >= 4 is 5.78 Å².